The van der Waals surface area contributed by atoms with E-state index >= 15 is 0 Å². The van der Waals surface area contributed by atoms with Crippen LogP contribution in [0.2, 0.25) is 5.02 Å². The van der Waals surface area contributed by atoms with Crippen LogP contribution in [0.25, 0.3) is 0 Å². The molecule has 0 aromatic heterocycles. The second-order valence-corrected chi connectivity index (χ2v) is 4.60. The minimum absolute atomic E-state index is 0.223. The van der Waals surface area contributed by atoms with Crippen molar-refractivity contribution in [1.82, 2.24) is 0 Å². The largest absolute Gasteiger partial charge is 0.494 e. The van der Waals surface area contributed by atoms with Gasteiger partial charge in [-0.1, -0.05) is 11.6 Å². The van der Waals surface area contributed by atoms with E-state index in [0.29, 0.717) is 13.0 Å². The summed E-state index contributed by atoms with van der Waals surface area (Å²) >= 11 is 6.10. The zero-order chi connectivity index (χ0) is 12.8. The summed E-state index contributed by atoms with van der Waals surface area (Å²) < 4.78 is 5.59. The number of hydrogen-bond donors (Lipinski definition) is 0. The number of carbonyl (C=O) groups is 1. The molecule has 0 bridgehead atoms. The number of Topliss-reactive ketones (excluding diaryl/α,β-unsaturated/α-hetero) is 1. The predicted octanol–water partition coefficient (Wildman–Crippen LogP) is 3.96. The second kappa shape index (κ2) is 6.65. The molecule has 0 fully saturated rings. The monoisotopic (exact) mass is 254 g/mol. The van der Waals surface area contributed by atoms with Crippen LogP contribution in [0.3, 0.4) is 0 Å². The average Bonchev–Trinajstić information content (AvgIpc) is 2.24. The van der Waals surface area contributed by atoms with Gasteiger partial charge < -0.3 is 9.53 Å². The fourth-order valence-corrected chi connectivity index (χ4v) is 1.90. The highest BCUT2D eigenvalue weighted by molar-refractivity contribution is 6.31. The third-order valence-corrected chi connectivity index (χ3v) is 3.02. The number of hydrogen-bond acceptors (Lipinski definition) is 2. The third-order valence-electron chi connectivity index (χ3n) is 2.62. The van der Waals surface area contributed by atoms with Crippen LogP contribution in [0.4, 0.5) is 0 Å². The maximum Gasteiger partial charge on any atom is 0.129 e. The number of ether oxygens (including phenoxy) is 1. The van der Waals surface area contributed by atoms with Crippen LogP contribution in [0.1, 0.15) is 37.8 Å². The van der Waals surface area contributed by atoms with Crippen molar-refractivity contribution in [2.75, 3.05) is 6.61 Å². The number of ketones is 1. The summed E-state index contributed by atoms with van der Waals surface area (Å²) in [7, 11) is 0. The number of halogens is 1. The SMILES string of the molecule is CCOc1cc(C)c(Cl)cc1CCCC(C)=O. The second-order valence-electron chi connectivity index (χ2n) is 4.20. The van der Waals surface area contributed by atoms with E-state index < -0.39 is 0 Å². The minimum Gasteiger partial charge on any atom is -0.494 e. The molecule has 0 aliphatic carbocycles. The van der Waals surface area contributed by atoms with Gasteiger partial charge in [-0.25, -0.2) is 0 Å². The molecule has 0 amide bonds. The molecule has 0 spiro atoms. The lowest BCUT2D eigenvalue weighted by atomic mass is 10.0. The first-order valence-electron chi connectivity index (χ1n) is 5.95. The Kier molecular flexibility index (Phi) is 5.49. The molecular weight excluding hydrogens is 236 g/mol. The van der Waals surface area contributed by atoms with Gasteiger partial charge in [-0.2, -0.15) is 0 Å². The molecule has 1 aromatic carbocycles. The number of benzene rings is 1. The van der Waals surface area contributed by atoms with Gasteiger partial charge in [0.05, 0.1) is 6.61 Å². The maximum atomic E-state index is 10.9. The standard InChI is InChI=1S/C14H19ClO2/c1-4-17-14-8-10(2)13(15)9-12(14)7-5-6-11(3)16/h8-9H,4-7H2,1-3H3. The Morgan fingerprint density at radius 1 is 1.41 bits per heavy atom. The molecule has 94 valence electrons. The molecule has 1 aromatic rings. The Labute approximate surface area is 108 Å². The van der Waals surface area contributed by atoms with E-state index in [-0.39, 0.29) is 5.78 Å². The third kappa shape index (κ3) is 4.39. The molecule has 0 saturated heterocycles. The molecular formula is C14H19ClO2. The highest BCUT2D eigenvalue weighted by Gasteiger charge is 2.07. The number of aryl methyl sites for hydroxylation is 2. The van der Waals surface area contributed by atoms with Crippen molar-refractivity contribution in [3.8, 4) is 5.75 Å². The molecule has 0 saturated carbocycles. The quantitative estimate of drug-likeness (QED) is 0.768. The Bertz CT molecular complexity index is 399. The van der Waals surface area contributed by atoms with Crippen molar-refractivity contribution in [2.45, 2.75) is 40.0 Å². The topological polar surface area (TPSA) is 26.3 Å². The van der Waals surface area contributed by atoms with Crippen LogP contribution >= 0.6 is 11.6 Å². The molecule has 0 aliphatic heterocycles. The van der Waals surface area contributed by atoms with Gasteiger partial charge in [-0.15, -0.1) is 0 Å². The first kappa shape index (κ1) is 14.0. The predicted molar refractivity (Wildman–Crippen MR) is 71.0 cm³/mol. The van der Waals surface area contributed by atoms with Crippen LogP contribution in [-0.4, -0.2) is 12.4 Å². The van der Waals surface area contributed by atoms with E-state index in [9.17, 15) is 4.79 Å². The number of rotatable bonds is 6. The smallest absolute Gasteiger partial charge is 0.129 e. The van der Waals surface area contributed by atoms with Crippen molar-refractivity contribution < 1.29 is 9.53 Å². The fourth-order valence-electron chi connectivity index (χ4n) is 1.71. The highest BCUT2D eigenvalue weighted by Crippen LogP contribution is 2.28. The van der Waals surface area contributed by atoms with Crippen LogP contribution in [0, 0.1) is 6.92 Å². The van der Waals surface area contributed by atoms with Crippen LogP contribution < -0.4 is 4.74 Å². The minimum atomic E-state index is 0.223. The summed E-state index contributed by atoms with van der Waals surface area (Å²) in [4.78, 5) is 10.9. The molecule has 2 nitrogen and oxygen atoms in total. The van der Waals surface area contributed by atoms with Gasteiger partial charge in [-0.05, 0) is 56.9 Å². The number of carbonyl (C=O) groups excluding carboxylic acids is 1. The van der Waals surface area contributed by atoms with E-state index in [1.807, 2.05) is 26.0 Å². The molecule has 0 radical (unpaired) electrons. The van der Waals surface area contributed by atoms with E-state index in [2.05, 4.69) is 0 Å². The molecule has 3 heteroatoms. The zero-order valence-electron chi connectivity index (χ0n) is 10.7. The van der Waals surface area contributed by atoms with Crippen LogP contribution in [-0.2, 0) is 11.2 Å². The summed E-state index contributed by atoms with van der Waals surface area (Å²) in [5.41, 5.74) is 2.11. The van der Waals surface area contributed by atoms with E-state index in [1.165, 1.54) is 0 Å². The summed E-state index contributed by atoms with van der Waals surface area (Å²) in [6.45, 7) is 6.18. The fraction of sp³-hybridized carbons (Fsp3) is 0.500. The Morgan fingerprint density at radius 2 is 2.12 bits per heavy atom. The molecule has 0 N–H and O–H groups in total. The maximum absolute atomic E-state index is 10.9. The molecule has 0 heterocycles. The van der Waals surface area contributed by atoms with Crippen molar-refractivity contribution in [3.05, 3.63) is 28.3 Å². The summed E-state index contributed by atoms with van der Waals surface area (Å²) in [5.74, 6) is 1.11. The first-order chi connectivity index (χ1) is 8.04. The first-order valence-corrected chi connectivity index (χ1v) is 6.33. The van der Waals surface area contributed by atoms with Gasteiger partial charge in [0.15, 0.2) is 0 Å². The van der Waals surface area contributed by atoms with Gasteiger partial charge in [0.1, 0.15) is 11.5 Å². The van der Waals surface area contributed by atoms with Crippen molar-refractivity contribution in [2.24, 2.45) is 0 Å². The van der Waals surface area contributed by atoms with Gasteiger partial charge >= 0.3 is 0 Å². The van der Waals surface area contributed by atoms with Gasteiger partial charge in [-0.3, -0.25) is 0 Å². The summed E-state index contributed by atoms with van der Waals surface area (Å²) in [6, 6.07) is 3.91. The Morgan fingerprint density at radius 3 is 2.71 bits per heavy atom. The average molecular weight is 255 g/mol. The lowest BCUT2D eigenvalue weighted by Gasteiger charge is -2.12. The van der Waals surface area contributed by atoms with Crippen molar-refractivity contribution in [1.29, 1.82) is 0 Å². The molecule has 0 atom stereocenters. The van der Waals surface area contributed by atoms with Gasteiger partial charge in [0.2, 0.25) is 0 Å². The lowest BCUT2D eigenvalue weighted by molar-refractivity contribution is -0.117. The molecule has 1 rings (SSSR count). The molecule has 0 unspecified atom stereocenters. The van der Waals surface area contributed by atoms with E-state index in [4.69, 9.17) is 16.3 Å². The van der Waals surface area contributed by atoms with Crippen LogP contribution in [0.15, 0.2) is 12.1 Å². The summed E-state index contributed by atoms with van der Waals surface area (Å²) in [5, 5.41) is 0.756. The highest BCUT2D eigenvalue weighted by atomic mass is 35.5. The Hall–Kier alpha value is -1.02. The summed E-state index contributed by atoms with van der Waals surface area (Å²) in [6.07, 6.45) is 2.28. The van der Waals surface area contributed by atoms with Gasteiger partial charge in [0.25, 0.3) is 0 Å². The van der Waals surface area contributed by atoms with Crippen molar-refractivity contribution in [3.63, 3.8) is 0 Å². The normalized spacial score (nSPS) is 10.4. The lowest BCUT2D eigenvalue weighted by Crippen LogP contribution is -1.99. The van der Waals surface area contributed by atoms with E-state index in [0.717, 1.165) is 34.7 Å². The van der Waals surface area contributed by atoms with Gasteiger partial charge in [0, 0.05) is 11.4 Å². The molecule has 0 aliphatic rings. The zero-order valence-corrected chi connectivity index (χ0v) is 11.4. The van der Waals surface area contributed by atoms with Crippen molar-refractivity contribution >= 4 is 17.4 Å². The van der Waals surface area contributed by atoms with E-state index in [1.54, 1.807) is 6.92 Å². The Balaban J connectivity index is 2.80. The van der Waals surface area contributed by atoms with Crippen LogP contribution in [0.5, 0.6) is 5.75 Å². The molecule has 17 heavy (non-hydrogen) atoms.